The number of anilines is 1. The van der Waals surface area contributed by atoms with Crippen LogP contribution in [0.25, 0.3) is 10.9 Å². The van der Waals surface area contributed by atoms with Crippen LogP contribution < -0.4 is 11.1 Å². The molecule has 0 bridgehead atoms. The summed E-state index contributed by atoms with van der Waals surface area (Å²) < 4.78 is 0. The SMILES string of the molecule is Cc1cc(NC(=O)[C@H](C)N)c2ccccc2n1. The molecule has 0 aliphatic rings. The molecule has 0 saturated heterocycles. The third-order valence-corrected chi connectivity index (χ3v) is 2.52. The molecule has 0 spiro atoms. The number of fused-ring (bicyclic) bond motifs is 1. The van der Waals surface area contributed by atoms with Gasteiger partial charge in [-0.2, -0.15) is 0 Å². The Bertz CT molecular complexity index is 564. The number of benzene rings is 1. The number of nitrogens with two attached hydrogens (primary N) is 1. The molecule has 2 rings (SSSR count). The van der Waals surface area contributed by atoms with Crippen molar-refractivity contribution in [2.45, 2.75) is 19.9 Å². The van der Waals surface area contributed by atoms with E-state index in [0.29, 0.717) is 0 Å². The summed E-state index contributed by atoms with van der Waals surface area (Å²) in [6.07, 6.45) is 0. The lowest BCUT2D eigenvalue weighted by Gasteiger charge is -2.11. The van der Waals surface area contributed by atoms with Gasteiger partial charge in [0.1, 0.15) is 0 Å². The number of hydrogen-bond acceptors (Lipinski definition) is 3. The van der Waals surface area contributed by atoms with Crippen molar-refractivity contribution in [3.05, 3.63) is 36.0 Å². The molecule has 0 saturated carbocycles. The van der Waals surface area contributed by atoms with E-state index in [9.17, 15) is 4.79 Å². The van der Waals surface area contributed by atoms with Crippen LogP contribution in [-0.4, -0.2) is 16.9 Å². The lowest BCUT2D eigenvalue weighted by Crippen LogP contribution is -2.32. The van der Waals surface area contributed by atoms with Crippen LogP contribution in [0.2, 0.25) is 0 Å². The number of carbonyl (C=O) groups excluding carboxylic acids is 1. The zero-order valence-electron chi connectivity index (χ0n) is 9.90. The summed E-state index contributed by atoms with van der Waals surface area (Å²) in [5.74, 6) is -0.194. The lowest BCUT2D eigenvalue weighted by molar-refractivity contribution is -0.117. The first-order valence-electron chi connectivity index (χ1n) is 5.51. The molecule has 1 aromatic heterocycles. The number of carbonyl (C=O) groups is 1. The van der Waals surface area contributed by atoms with Crippen molar-refractivity contribution >= 4 is 22.5 Å². The normalized spacial score (nSPS) is 12.4. The van der Waals surface area contributed by atoms with Gasteiger partial charge >= 0.3 is 0 Å². The van der Waals surface area contributed by atoms with E-state index in [1.54, 1.807) is 6.92 Å². The van der Waals surface area contributed by atoms with Crippen LogP contribution in [0.15, 0.2) is 30.3 Å². The Morgan fingerprint density at radius 1 is 1.41 bits per heavy atom. The molecular weight excluding hydrogens is 214 g/mol. The number of amides is 1. The largest absolute Gasteiger partial charge is 0.324 e. The number of aromatic nitrogens is 1. The summed E-state index contributed by atoms with van der Waals surface area (Å²) in [7, 11) is 0. The van der Waals surface area contributed by atoms with Crippen molar-refractivity contribution < 1.29 is 4.79 Å². The Balaban J connectivity index is 2.49. The van der Waals surface area contributed by atoms with Crippen LogP contribution in [0.4, 0.5) is 5.69 Å². The molecule has 1 aromatic carbocycles. The molecular formula is C13H15N3O. The van der Waals surface area contributed by atoms with Gasteiger partial charge in [0, 0.05) is 11.1 Å². The van der Waals surface area contributed by atoms with Crippen LogP contribution in [0.1, 0.15) is 12.6 Å². The first-order chi connectivity index (χ1) is 8.08. The van der Waals surface area contributed by atoms with Crippen molar-refractivity contribution in [2.75, 3.05) is 5.32 Å². The second-order valence-corrected chi connectivity index (χ2v) is 4.11. The highest BCUT2D eigenvalue weighted by molar-refractivity contribution is 6.02. The van der Waals surface area contributed by atoms with Crippen molar-refractivity contribution in [3.8, 4) is 0 Å². The maximum Gasteiger partial charge on any atom is 0.241 e. The van der Waals surface area contributed by atoms with Crippen molar-refractivity contribution in [2.24, 2.45) is 5.73 Å². The minimum atomic E-state index is -0.526. The van der Waals surface area contributed by atoms with Crippen LogP contribution in [0.5, 0.6) is 0 Å². The fourth-order valence-corrected chi connectivity index (χ4v) is 1.66. The van der Waals surface area contributed by atoms with Gasteiger partial charge in [0.15, 0.2) is 0 Å². The molecule has 2 aromatic rings. The summed E-state index contributed by atoms with van der Waals surface area (Å²) >= 11 is 0. The molecule has 88 valence electrons. The van der Waals surface area contributed by atoms with E-state index < -0.39 is 6.04 Å². The Kier molecular flexibility index (Phi) is 3.06. The smallest absolute Gasteiger partial charge is 0.241 e. The first-order valence-corrected chi connectivity index (χ1v) is 5.51. The Morgan fingerprint density at radius 3 is 2.82 bits per heavy atom. The van der Waals surface area contributed by atoms with Crippen LogP contribution in [0, 0.1) is 6.92 Å². The zero-order valence-corrected chi connectivity index (χ0v) is 9.90. The van der Waals surface area contributed by atoms with Gasteiger partial charge in [0.25, 0.3) is 0 Å². The Labute approximate surface area is 99.8 Å². The molecule has 17 heavy (non-hydrogen) atoms. The maximum absolute atomic E-state index is 11.6. The van der Waals surface area contributed by atoms with E-state index in [1.165, 1.54) is 0 Å². The second-order valence-electron chi connectivity index (χ2n) is 4.11. The number of para-hydroxylation sites is 1. The summed E-state index contributed by atoms with van der Waals surface area (Å²) in [4.78, 5) is 16.0. The molecule has 1 amide bonds. The van der Waals surface area contributed by atoms with Gasteiger partial charge in [-0.25, -0.2) is 0 Å². The third-order valence-electron chi connectivity index (χ3n) is 2.52. The van der Waals surface area contributed by atoms with E-state index in [1.807, 2.05) is 37.3 Å². The molecule has 0 fully saturated rings. The third kappa shape index (κ3) is 2.42. The standard InChI is InChI=1S/C13H15N3O/c1-8-7-12(16-13(17)9(2)14)10-5-3-4-6-11(10)15-8/h3-7,9H,14H2,1-2H3,(H,15,16,17)/t9-/m0/s1. The van der Waals surface area contributed by atoms with E-state index in [2.05, 4.69) is 10.3 Å². The van der Waals surface area contributed by atoms with Crippen molar-refractivity contribution in [1.29, 1.82) is 0 Å². The van der Waals surface area contributed by atoms with Crippen LogP contribution in [-0.2, 0) is 4.79 Å². The number of hydrogen-bond donors (Lipinski definition) is 2. The summed E-state index contributed by atoms with van der Waals surface area (Å²) in [5.41, 5.74) is 8.03. The van der Waals surface area contributed by atoms with Gasteiger partial charge in [-0.05, 0) is 26.0 Å². The maximum atomic E-state index is 11.6. The second kappa shape index (κ2) is 4.51. The fraction of sp³-hybridized carbons (Fsp3) is 0.231. The van der Waals surface area contributed by atoms with E-state index in [-0.39, 0.29) is 5.91 Å². The van der Waals surface area contributed by atoms with Crippen LogP contribution >= 0.6 is 0 Å². The van der Waals surface area contributed by atoms with Gasteiger partial charge in [-0.15, -0.1) is 0 Å². The number of aryl methyl sites for hydroxylation is 1. The zero-order chi connectivity index (χ0) is 12.4. The van der Waals surface area contributed by atoms with E-state index >= 15 is 0 Å². The Morgan fingerprint density at radius 2 is 2.12 bits per heavy atom. The minimum Gasteiger partial charge on any atom is -0.324 e. The predicted octanol–water partition coefficient (Wildman–Crippen LogP) is 1.83. The molecule has 0 unspecified atom stereocenters. The summed E-state index contributed by atoms with van der Waals surface area (Å²) in [6, 6.07) is 9.01. The molecule has 4 nitrogen and oxygen atoms in total. The number of pyridine rings is 1. The minimum absolute atomic E-state index is 0.194. The lowest BCUT2D eigenvalue weighted by atomic mass is 10.1. The van der Waals surface area contributed by atoms with Crippen LogP contribution in [0.3, 0.4) is 0 Å². The van der Waals surface area contributed by atoms with E-state index in [4.69, 9.17) is 5.73 Å². The molecule has 0 radical (unpaired) electrons. The van der Waals surface area contributed by atoms with Gasteiger partial charge in [0.2, 0.25) is 5.91 Å². The highest BCUT2D eigenvalue weighted by Gasteiger charge is 2.10. The summed E-state index contributed by atoms with van der Waals surface area (Å²) in [5, 5.41) is 3.74. The topological polar surface area (TPSA) is 68.0 Å². The molecule has 1 atom stereocenters. The summed E-state index contributed by atoms with van der Waals surface area (Å²) in [6.45, 7) is 3.56. The number of rotatable bonds is 2. The highest BCUT2D eigenvalue weighted by atomic mass is 16.2. The van der Waals surface area contributed by atoms with Crippen molar-refractivity contribution in [1.82, 2.24) is 4.98 Å². The molecule has 0 aliphatic heterocycles. The molecule has 3 N–H and O–H groups in total. The van der Waals surface area contributed by atoms with Gasteiger partial charge in [-0.3, -0.25) is 9.78 Å². The quantitative estimate of drug-likeness (QED) is 0.825. The number of nitrogens with one attached hydrogen (secondary N) is 1. The Hall–Kier alpha value is -1.94. The molecule has 4 heteroatoms. The number of nitrogens with zero attached hydrogens (tertiary/aromatic N) is 1. The predicted molar refractivity (Wildman–Crippen MR) is 68.8 cm³/mol. The van der Waals surface area contributed by atoms with Gasteiger partial charge in [-0.1, -0.05) is 18.2 Å². The monoisotopic (exact) mass is 229 g/mol. The average Bonchev–Trinajstić information content (AvgIpc) is 2.28. The highest BCUT2D eigenvalue weighted by Crippen LogP contribution is 2.22. The molecule has 1 heterocycles. The van der Waals surface area contributed by atoms with E-state index in [0.717, 1.165) is 22.3 Å². The average molecular weight is 229 g/mol. The van der Waals surface area contributed by atoms with Gasteiger partial charge in [0.05, 0.1) is 17.2 Å². The first kappa shape index (κ1) is 11.5. The molecule has 0 aliphatic carbocycles. The van der Waals surface area contributed by atoms with Gasteiger partial charge < -0.3 is 11.1 Å². The van der Waals surface area contributed by atoms with Crippen molar-refractivity contribution in [3.63, 3.8) is 0 Å². The fourth-order valence-electron chi connectivity index (χ4n) is 1.66.